The standard InChI is InChI=1S/C13H21N3O/c1-3-11-9-16(8-7-14-11)10-12-5-4-6-13(15-12)17-2/h4-6,11,14H,3,7-10H2,1-2H3. The molecule has 1 aromatic heterocycles. The molecule has 4 nitrogen and oxygen atoms in total. The summed E-state index contributed by atoms with van der Waals surface area (Å²) in [4.78, 5) is 6.90. The van der Waals surface area contributed by atoms with E-state index in [1.165, 1.54) is 6.42 Å². The van der Waals surface area contributed by atoms with E-state index in [-0.39, 0.29) is 0 Å². The van der Waals surface area contributed by atoms with Gasteiger partial charge >= 0.3 is 0 Å². The van der Waals surface area contributed by atoms with E-state index in [2.05, 4.69) is 28.2 Å². The van der Waals surface area contributed by atoms with Crippen molar-refractivity contribution in [2.45, 2.75) is 25.9 Å². The molecule has 0 aliphatic carbocycles. The van der Waals surface area contributed by atoms with E-state index in [1.54, 1.807) is 7.11 Å². The number of hydrogen-bond donors (Lipinski definition) is 1. The fraction of sp³-hybridized carbons (Fsp3) is 0.615. The first-order valence-electron chi connectivity index (χ1n) is 6.27. The molecule has 0 radical (unpaired) electrons. The van der Waals surface area contributed by atoms with Crippen LogP contribution in [0.4, 0.5) is 0 Å². The molecule has 2 heterocycles. The third-order valence-electron chi connectivity index (χ3n) is 3.21. The molecule has 0 amide bonds. The molecule has 1 N–H and O–H groups in total. The monoisotopic (exact) mass is 235 g/mol. The largest absolute Gasteiger partial charge is 0.481 e. The smallest absolute Gasteiger partial charge is 0.213 e. The van der Waals surface area contributed by atoms with Crippen LogP contribution in [0.1, 0.15) is 19.0 Å². The Morgan fingerprint density at radius 2 is 2.41 bits per heavy atom. The molecule has 1 unspecified atom stereocenters. The molecular weight excluding hydrogens is 214 g/mol. The minimum atomic E-state index is 0.620. The molecule has 17 heavy (non-hydrogen) atoms. The highest BCUT2D eigenvalue weighted by atomic mass is 16.5. The number of piperazine rings is 1. The van der Waals surface area contributed by atoms with Gasteiger partial charge in [0.05, 0.1) is 12.8 Å². The number of nitrogens with zero attached hydrogens (tertiary/aromatic N) is 2. The molecule has 4 heteroatoms. The molecule has 1 atom stereocenters. The second-order valence-corrected chi connectivity index (χ2v) is 4.47. The van der Waals surface area contributed by atoms with E-state index < -0.39 is 0 Å². The van der Waals surface area contributed by atoms with Crippen LogP contribution in [0, 0.1) is 0 Å². The van der Waals surface area contributed by atoms with Crippen molar-refractivity contribution in [2.24, 2.45) is 0 Å². The maximum Gasteiger partial charge on any atom is 0.213 e. The number of rotatable bonds is 4. The van der Waals surface area contributed by atoms with E-state index >= 15 is 0 Å². The summed E-state index contributed by atoms with van der Waals surface area (Å²) in [6.45, 7) is 6.41. The van der Waals surface area contributed by atoms with E-state index in [0.717, 1.165) is 31.9 Å². The van der Waals surface area contributed by atoms with Gasteiger partial charge in [-0.1, -0.05) is 13.0 Å². The first-order valence-corrected chi connectivity index (χ1v) is 6.27. The molecule has 0 bridgehead atoms. The van der Waals surface area contributed by atoms with Crippen LogP contribution in [0.3, 0.4) is 0 Å². The van der Waals surface area contributed by atoms with Gasteiger partial charge in [0.2, 0.25) is 5.88 Å². The number of nitrogens with one attached hydrogen (secondary N) is 1. The van der Waals surface area contributed by atoms with E-state index in [4.69, 9.17) is 4.74 Å². The van der Waals surface area contributed by atoms with Gasteiger partial charge in [-0.15, -0.1) is 0 Å². The van der Waals surface area contributed by atoms with E-state index in [9.17, 15) is 0 Å². The number of aromatic nitrogens is 1. The summed E-state index contributed by atoms with van der Waals surface area (Å²) in [7, 11) is 1.66. The van der Waals surface area contributed by atoms with Crippen LogP contribution < -0.4 is 10.1 Å². The van der Waals surface area contributed by atoms with Crippen LogP contribution >= 0.6 is 0 Å². The summed E-state index contributed by atoms with van der Waals surface area (Å²) < 4.78 is 5.14. The normalized spacial score (nSPS) is 21.4. The molecule has 0 aromatic carbocycles. The highest BCUT2D eigenvalue weighted by Crippen LogP contribution is 2.11. The predicted molar refractivity (Wildman–Crippen MR) is 68.1 cm³/mol. The van der Waals surface area contributed by atoms with Crippen LogP contribution in [0.5, 0.6) is 5.88 Å². The lowest BCUT2D eigenvalue weighted by Crippen LogP contribution is -2.49. The van der Waals surface area contributed by atoms with Gasteiger partial charge in [0, 0.05) is 38.3 Å². The van der Waals surface area contributed by atoms with Gasteiger partial charge in [0.1, 0.15) is 0 Å². The number of ether oxygens (including phenoxy) is 1. The van der Waals surface area contributed by atoms with E-state index in [1.807, 2.05) is 12.1 Å². The van der Waals surface area contributed by atoms with Crippen LogP contribution in [-0.4, -0.2) is 42.7 Å². The average Bonchev–Trinajstić information content (AvgIpc) is 2.39. The molecule has 1 aliphatic heterocycles. The number of pyridine rings is 1. The molecule has 0 saturated carbocycles. The van der Waals surface area contributed by atoms with Gasteiger partial charge in [0.25, 0.3) is 0 Å². The predicted octanol–water partition coefficient (Wildman–Crippen LogP) is 1.27. The van der Waals surface area contributed by atoms with Crippen molar-refractivity contribution < 1.29 is 4.74 Å². The fourth-order valence-electron chi connectivity index (χ4n) is 2.20. The third kappa shape index (κ3) is 3.41. The molecule has 1 aliphatic rings. The quantitative estimate of drug-likeness (QED) is 0.853. The topological polar surface area (TPSA) is 37.4 Å². The first kappa shape index (κ1) is 12.3. The first-order chi connectivity index (χ1) is 8.31. The molecule has 2 rings (SSSR count). The summed E-state index contributed by atoms with van der Waals surface area (Å²) in [6.07, 6.45) is 1.18. The Kier molecular flexibility index (Phi) is 4.34. The lowest BCUT2D eigenvalue weighted by Gasteiger charge is -2.32. The summed E-state index contributed by atoms with van der Waals surface area (Å²) in [6, 6.07) is 6.57. The number of hydrogen-bond acceptors (Lipinski definition) is 4. The third-order valence-corrected chi connectivity index (χ3v) is 3.21. The van der Waals surface area contributed by atoms with Crippen molar-refractivity contribution in [2.75, 3.05) is 26.7 Å². The van der Waals surface area contributed by atoms with E-state index in [0.29, 0.717) is 11.9 Å². The Hall–Kier alpha value is -1.13. The maximum atomic E-state index is 5.14. The van der Waals surface area contributed by atoms with Gasteiger partial charge in [-0.2, -0.15) is 0 Å². The zero-order valence-corrected chi connectivity index (χ0v) is 10.6. The average molecular weight is 235 g/mol. The zero-order valence-electron chi connectivity index (χ0n) is 10.6. The summed E-state index contributed by atoms with van der Waals surface area (Å²) in [5, 5.41) is 3.52. The van der Waals surface area contributed by atoms with Gasteiger partial charge in [-0.3, -0.25) is 4.90 Å². The highest BCUT2D eigenvalue weighted by molar-refractivity contribution is 5.15. The highest BCUT2D eigenvalue weighted by Gasteiger charge is 2.17. The lowest BCUT2D eigenvalue weighted by atomic mass is 10.1. The molecule has 0 spiro atoms. The van der Waals surface area contributed by atoms with Gasteiger partial charge in [-0.25, -0.2) is 4.98 Å². The Morgan fingerprint density at radius 1 is 1.53 bits per heavy atom. The lowest BCUT2D eigenvalue weighted by molar-refractivity contribution is 0.187. The second kappa shape index (κ2) is 5.98. The van der Waals surface area contributed by atoms with Crippen molar-refractivity contribution in [3.63, 3.8) is 0 Å². The Labute approximate surface area is 103 Å². The van der Waals surface area contributed by atoms with Gasteiger partial charge in [0.15, 0.2) is 0 Å². The van der Waals surface area contributed by atoms with Gasteiger partial charge < -0.3 is 10.1 Å². The second-order valence-electron chi connectivity index (χ2n) is 4.47. The molecule has 1 fully saturated rings. The summed E-state index contributed by atoms with van der Waals surface area (Å²) in [5.41, 5.74) is 1.08. The maximum absolute atomic E-state index is 5.14. The molecule has 94 valence electrons. The SMILES string of the molecule is CCC1CN(Cc2cccc(OC)n2)CCN1. The zero-order chi connectivity index (χ0) is 12.1. The summed E-state index contributed by atoms with van der Waals surface area (Å²) in [5.74, 6) is 0.699. The Balaban J connectivity index is 1.95. The molecule has 1 saturated heterocycles. The van der Waals surface area contributed by atoms with Crippen molar-refractivity contribution in [3.05, 3.63) is 23.9 Å². The van der Waals surface area contributed by atoms with Crippen molar-refractivity contribution in [1.82, 2.24) is 15.2 Å². The van der Waals surface area contributed by atoms with Crippen molar-refractivity contribution >= 4 is 0 Å². The van der Waals surface area contributed by atoms with Gasteiger partial charge in [-0.05, 0) is 12.5 Å². The van der Waals surface area contributed by atoms with Crippen molar-refractivity contribution in [3.8, 4) is 5.88 Å². The molecular formula is C13H21N3O. The fourth-order valence-corrected chi connectivity index (χ4v) is 2.20. The number of methoxy groups -OCH3 is 1. The van der Waals surface area contributed by atoms with Crippen LogP contribution in [0.15, 0.2) is 18.2 Å². The minimum Gasteiger partial charge on any atom is -0.481 e. The summed E-state index contributed by atoms with van der Waals surface area (Å²) >= 11 is 0. The Morgan fingerprint density at radius 3 is 3.18 bits per heavy atom. The van der Waals surface area contributed by atoms with Crippen LogP contribution in [0.2, 0.25) is 0 Å². The van der Waals surface area contributed by atoms with Crippen molar-refractivity contribution in [1.29, 1.82) is 0 Å². The van der Waals surface area contributed by atoms with Crippen LogP contribution in [0.25, 0.3) is 0 Å². The minimum absolute atomic E-state index is 0.620. The van der Waals surface area contributed by atoms with Crippen LogP contribution in [-0.2, 0) is 6.54 Å². The molecule has 1 aromatic rings. The Bertz CT molecular complexity index is 356.